The summed E-state index contributed by atoms with van der Waals surface area (Å²) in [6.07, 6.45) is -1.98. The average Bonchev–Trinajstić information content (AvgIpc) is 3.02. The molecular weight excluding hydrogens is 501 g/mol. The molecule has 5 atom stereocenters. The fourth-order valence-electron chi connectivity index (χ4n) is 2.55. The molecule has 0 saturated carbocycles. The number of phosphoric ester groups is 1. The standard InChI is InChI=1S/C12H19N4O13P3/c1-2-3-7-5-16(12(17)15-11(7)13)10-4-8(27-14)9(26-10)6-25-31(21,22)29-32(23,24)28-30(18,19)20/h5,8-10H,4,6,14H2,1H3,(H,21,22)(H,23,24)(H2,13,15,17)(H2,18,19,20)/t8-,9-,10-/m1/s1. The molecule has 0 bridgehead atoms. The van der Waals surface area contributed by atoms with Crippen molar-refractivity contribution in [2.45, 2.75) is 31.8 Å². The van der Waals surface area contributed by atoms with Crippen LogP contribution in [0.3, 0.4) is 0 Å². The van der Waals surface area contributed by atoms with E-state index in [2.05, 4.69) is 30.0 Å². The monoisotopic (exact) mass is 520 g/mol. The first kappa shape index (κ1) is 26.8. The topological polar surface area (TPSA) is 265 Å². The van der Waals surface area contributed by atoms with Crippen LogP contribution in [0, 0.1) is 11.8 Å². The Morgan fingerprint density at radius 1 is 1.25 bits per heavy atom. The van der Waals surface area contributed by atoms with Crippen molar-refractivity contribution in [3.63, 3.8) is 0 Å². The summed E-state index contributed by atoms with van der Waals surface area (Å²) in [6, 6.07) is 0. The van der Waals surface area contributed by atoms with Gasteiger partial charge in [0.15, 0.2) is 0 Å². The van der Waals surface area contributed by atoms with Gasteiger partial charge in [-0.2, -0.15) is 13.6 Å². The molecular formula is C12H19N4O13P3. The van der Waals surface area contributed by atoms with Crippen LogP contribution in [-0.4, -0.2) is 47.9 Å². The predicted octanol–water partition coefficient (Wildman–Crippen LogP) is -0.913. The molecule has 17 nitrogen and oxygen atoms in total. The minimum atomic E-state index is -5.68. The van der Waals surface area contributed by atoms with Gasteiger partial charge in [-0.25, -0.2) is 24.4 Å². The van der Waals surface area contributed by atoms with Crippen LogP contribution in [0.2, 0.25) is 0 Å². The lowest BCUT2D eigenvalue weighted by molar-refractivity contribution is -0.0618. The van der Waals surface area contributed by atoms with Gasteiger partial charge in [0.1, 0.15) is 24.3 Å². The van der Waals surface area contributed by atoms with Crippen molar-refractivity contribution < 1.29 is 56.0 Å². The molecule has 1 saturated heterocycles. The third-order valence-corrected chi connectivity index (χ3v) is 7.53. The molecule has 1 aliphatic rings. The number of hydrogen-bond acceptors (Lipinski definition) is 12. The van der Waals surface area contributed by atoms with Gasteiger partial charge >= 0.3 is 29.2 Å². The van der Waals surface area contributed by atoms with Crippen LogP contribution in [0.4, 0.5) is 5.82 Å². The van der Waals surface area contributed by atoms with E-state index < -0.39 is 54.2 Å². The second kappa shape index (κ2) is 10.2. The largest absolute Gasteiger partial charge is 0.490 e. The number of aromatic nitrogens is 2. The number of phosphoric acid groups is 3. The van der Waals surface area contributed by atoms with Crippen molar-refractivity contribution in [1.82, 2.24) is 9.55 Å². The molecule has 0 spiro atoms. The van der Waals surface area contributed by atoms with E-state index in [-0.39, 0.29) is 17.8 Å². The van der Waals surface area contributed by atoms with Gasteiger partial charge in [0.05, 0.1) is 12.2 Å². The normalized spacial score (nSPS) is 24.9. The molecule has 1 fully saturated rings. The SMILES string of the molecule is CC#Cc1cn([C@H]2C[C@@H](ON)[C@@H](COP(=O)(O)OP(=O)(O)OP(=O)(O)O)O2)c(=O)nc1N. The minimum absolute atomic E-state index is 0.0502. The quantitative estimate of drug-likeness (QED) is 0.131. The third kappa shape index (κ3) is 7.55. The Hall–Kier alpha value is -1.47. The Morgan fingerprint density at radius 3 is 2.47 bits per heavy atom. The lowest BCUT2D eigenvalue weighted by Crippen LogP contribution is -2.31. The molecule has 2 heterocycles. The van der Waals surface area contributed by atoms with Gasteiger partial charge in [0, 0.05) is 12.6 Å². The van der Waals surface area contributed by atoms with Crippen molar-refractivity contribution in [1.29, 1.82) is 0 Å². The van der Waals surface area contributed by atoms with Gasteiger partial charge in [-0.05, 0) is 6.92 Å². The summed E-state index contributed by atoms with van der Waals surface area (Å²) in [5.74, 6) is 10.3. The Morgan fingerprint density at radius 2 is 1.91 bits per heavy atom. The first-order valence-corrected chi connectivity index (χ1v) is 12.8. The first-order valence-electron chi connectivity index (χ1n) is 8.27. The van der Waals surface area contributed by atoms with Crippen molar-refractivity contribution in [2.24, 2.45) is 5.90 Å². The van der Waals surface area contributed by atoms with E-state index >= 15 is 0 Å². The third-order valence-electron chi connectivity index (χ3n) is 3.72. The van der Waals surface area contributed by atoms with E-state index in [4.69, 9.17) is 35.9 Å². The van der Waals surface area contributed by atoms with E-state index in [9.17, 15) is 23.4 Å². The number of hydrogen-bond donors (Lipinski definition) is 6. The van der Waals surface area contributed by atoms with Gasteiger partial charge in [0.25, 0.3) is 0 Å². The van der Waals surface area contributed by atoms with Crippen LogP contribution < -0.4 is 17.3 Å². The van der Waals surface area contributed by atoms with Crippen LogP contribution in [0.1, 0.15) is 25.1 Å². The summed E-state index contributed by atoms with van der Waals surface area (Å²) < 4.78 is 52.1. The maximum Gasteiger partial charge on any atom is 0.490 e. The molecule has 8 N–H and O–H groups in total. The van der Waals surface area contributed by atoms with Crippen LogP contribution in [0.5, 0.6) is 0 Å². The number of nitrogens with zero attached hydrogens (tertiary/aromatic N) is 2. The van der Waals surface area contributed by atoms with Gasteiger partial charge in [-0.1, -0.05) is 5.92 Å². The highest BCUT2D eigenvalue weighted by atomic mass is 31.3. The number of ether oxygens (including phenoxy) is 1. The maximum atomic E-state index is 12.2. The first-order chi connectivity index (χ1) is 14.7. The van der Waals surface area contributed by atoms with E-state index in [1.165, 1.54) is 13.1 Å². The van der Waals surface area contributed by atoms with Gasteiger partial charge in [-0.15, -0.1) is 5.92 Å². The van der Waals surface area contributed by atoms with Crippen molar-refractivity contribution in [3.8, 4) is 11.8 Å². The highest BCUT2D eigenvalue weighted by Crippen LogP contribution is 2.66. The lowest BCUT2D eigenvalue weighted by Gasteiger charge is -2.20. The zero-order chi connectivity index (χ0) is 24.3. The molecule has 1 aromatic heterocycles. The molecule has 0 radical (unpaired) electrons. The fourth-order valence-corrected chi connectivity index (χ4v) is 5.58. The van der Waals surface area contributed by atoms with E-state index in [1.54, 1.807) is 0 Å². The maximum absolute atomic E-state index is 12.2. The molecule has 1 aliphatic heterocycles. The van der Waals surface area contributed by atoms with Crippen LogP contribution in [0.25, 0.3) is 0 Å². The molecule has 0 amide bonds. The number of nitrogen functional groups attached to an aromatic ring is 1. The zero-order valence-electron chi connectivity index (χ0n) is 16.1. The molecule has 2 unspecified atom stereocenters. The van der Waals surface area contributed by atoms with Crippen molar-refractivity contribution >= 4 is 29.3 Å². The smallest absolute Gasteiger partial charge is 0.382 e. The summed E-state index contributed by atoms with van der Waals surface area (Å²) in [4.78, 5) is 56.2. The summed E-state index contributed by atoms with van der Waals surface area (Å²) in [7, 11) is -16.6. The van der Waals surface area contributed by atoms with Gasteiger partial charge in [0.2, 0.25) is 0 Å². The highest BCUT2D eigenvalue weighted by Gasteiger charge is 2.43. The van der Waals surface area contributed by atoms with Crippen LogP contribution >= 0.6 is 23.5 Å². The zero-order valence-corrected chi connectivity index (χ0v) is 18.8. The molecule has 32 heavy (non-hydrogen) atoms. The minimum Gasteiger partial charge on any atom is -0.382 e. The molecule has 0 aromatic carbocycles. The summed E-state index contributed by atoms with van der Waals surface area (Å²) in [5.41, 5.74) is 5.07. The number of rotatable bonds is 9. The fraction of sp³-hybridized carbons (Fsp3) is 0.500. The Labute approximate surface area is 179 Å². The number of nitrogens with two attached hydrogens (primary N) is 2. The summed E-state index contributed by atoms with van der Waals surface area (Å²) >= 11 is 0. The average molecular weight is 520 g/mol. The summed E-state index contributed by atoms with van der Waals surface area (Å²) in [5, 5.41) is 0. The molecule has 20 heteroatoms. The molecule has 2 rings (SSSR count). The van der Waals surface area contributed by atoms with Crippen molar-refractivity contribution in [3.05, 3.63) is 22.2 Å². The Bertz CT molecular complexity index is 1110. The Balaban J connectivity index is 2.12. The second-order valence-corrected chi connectivity index (χ2v) is 10.5. The van der Waals surface area contributed by atoms with Crippen LogP contribution in [-0.2, 0) is 36.4 Å². The number of anilines is 1. The molecule has 1 aromatic rings. The van der Waals surface area contributed by atoms with Gasteiger partial charge in [-0.3, -0.25) is 13.9 Å². The predicted molar refractivity (Wildman–Crippen MR) is 103 cm³/mol. The van der Waals surface area contributed by atoms with Gasteiger partial charge < -0.3 is 30.0 Å². The van der Waals surface area contributed by atoms with Crippen molar-refractivity contribution in [2.75, 3.05) is 12.3 Å². The lowest BCUT2D eigenvalue weighted by atomic mass is 10.2. The molecule has 0 aliphatic carbocycles. The van der Waals surface area contributed by atoms with E-state index in [1.807, 2.05) is 0 Å². The van der Waals surface area contributed by atoms with E-state index in [0.717, 1.165) is 4.57 Å². The molecule has 180 valence electrons. The highest BCUT2D eigenvalue weighted by molar-refractivity contribution is 7.66. The van der Waals surface area contributed by atoms with Crippen LogP contribution in [0.15, 0.2) is 11.0 Å². The van der Waals surface area contributed by atoms with E-state index in [0.29, 0.717) is 0 Å². The summed E-state index contributed by atoms with van der Waals surface area (Å²) in [6.45, 7) is 0.721. The second-order valence-electron chi connectivity index (χ2n) is 6.03. The Kier molecular flexibility index (Phi) is 8.54.